The van der Waals surface area contributed by atoms with E-state index in [1.807, 2.05) is 0 Å². The van der Waals surface area contributed by atoms with Gasteiger partial charge in [0.05, 0.1) is 17.3 Å². The lowest BCUT2D eigenvalue weighted by Crippen LogP contribution is -2.31. The van der Waals surface area contributed by atoms with E-state index in [0.29, 0.717) is 11.3 Å². The molecule has 1 aliphatic rings. The zero-order valence-electron chi connectivity index (χ0n) is 9.58. The predicted octanol–water partition coefficient (Wildman–Crippen LogP) is 1.86. The number of carbonyl (C=O) groups is 2. The van der Waals surface area contributed by atoms with Gasteiger partial charge in [0, 0.05) is 12.1 Å². The van der Waals surface area contributed by atoms with Crippen LogP contribution in [0.15, 0.2) is 26.9 Å². The minimum atomic E-state index is -0.936. The van der Waals surface area contributed by atoms with Gasteiger partial charge in [-0.1, -0.05) is 6.92 Å². The molecule has 0 fully saturated rings. The van der Waals surface area contributed by atoms with Crippen LogP contribution < -0.4 is 5.32 Å². The van der Waals surface area contributed by atoms with Crippen molar-refractivity contribution >= 4 is 34.6 Å². The fourth-order valence-corrected chi connectivity index (χ4v) is 1.88. The molecule has 0 bridgehead atoms. The van der Waals surface area contributed by atoms with Gasteiger partial charge in [0.1, 0.15) is 11.4 Å². The Morgan fingerprint density at radius 2 is 2.11 bits per heavy atom. The summed E-state index contributed by atoms with van der Waals surface area (Å²) in [5, 5.41) is 11.3. The Hall–Kier alpha value is -2.02. The molecule has 0 aromatic heterocycles. The van der Waals surface area contributed by atoms with Gasteiger partial charge in [-0.2, -0.15) is 8.73 Å². The molecule has 1 aliphatic heterocycles. The number of carbonyl (C=O) groups excluding carboxylic acids is 1. The highest BCUT2D eigenvalue weighted by molar-refractivity contribution is 7.58. The molecule has 2 N–H and O–H groups in total. The van der Waals surface area contributed by atoms with Gasteiger partial charge < -0.3 is 10.4 Å². The Labute approximate surface area is 107 Å². The number of fused-ring (bicyclic) bond motifs is 1. The van der Waals surface area contributed by atoms with E-state index in [0.717, 1.165) is 17.0 Å². The van der Waals surface area contributed by atoms with E-state index in [4.69, 9.17) is 5.11 Å². The highest BCUT2D eigenvalue weighted by atomic mass is 32.1. The number of nitrogens with one attached hydrogen (secondary N) is 1. The van der Waals surface area contributed by atoms with Crippen LogP contribution in [0.25, 0.3) is 0 Å². The first kappa shape index (κ1) is 12.4. The quantitative estimate of drug-likeness (QED) is 0.883. The highest BCUT2D eigenvalue weighted by Gasteiger charge is 2.14. The maximum absolute atomic E-state index is 11.8. The van der Waals surface area contributed by atoms with Crippen molar-refractivity contribution in [2.45, 2.75) is 6.92 Å². The number of nitrogens with zero attached hydrogens (tertiary/aromatic N) is 2. The average Bonchev–Trinajstić information content (AvgIpc) is 2.82. The maximum atomic E-state index is 11.8. The molecule has 0 saturated carbocycles. The second-order valence-corrected chi connectivity index (χ2v) is 4.45. The van der Waals surface area contributed by atoms with Crippen molar-refractivity contribution in [1.29, 1.82) is 0 Å². The molecule has 1 aromatic rings. The van der Waals surface area contributed by atoms with E-state index in [2.05, 4.69) is 14.0 Å². The van der Waals surface area contributed by atoms with Gasteiger partial charge >= 0.3 is 5.97 Å². The van der Waals surface area contributed by atoms with Crippen molar-refractivity contribution in [1.82, 2.24) is 5.32 Å². The number of rotatable bonds is 4. The summed E-state index contributed by atoms with van der Waals surface area (Å²) in [6.45, 7) is 1.64. The van der Waals surface area contributed by atoms with Crippen LogP contribution in [0.5, 0.6) is 0 Å². The van der Waals surface area contributed by atoms with Gasteiger partial charge in [0.15, 0.2) is 0 Å². The third-order valence-electron chi connectivity index (χ3n) is 2.51. The van der Waals surface area contributed by atoms with E-state index >= 15 is 0 Å². The molecule has 0 radical (unpaired) electrons. The van der Waals surface area contributed by atoms with E-state index in [1.165, 1.54) is 6.92 Å². The van der Waals surface area contributed by atoms with E-state index in [9.17, 15) is 9.59 Å². The van der Waals surface area contributed by atoms with Crippen molar-refractivity contribution in [3.63, 3.8) is 0 Å². The molecule has 2 rings (SSSR count). The Bertz CT molecular complexity index is 579. The summed E-state index contributed by atoms with van der Waals surface area (Å²) in [4.78, 5) is 22.4. The van der Waals surface area contributed by atoms with Crippen LogP contribution in [0.4, 0.5) is 11.4 Å². The summed E-state index contributed by atoms with van der Waals surface area (Å²) < 4.78 is 8.08. The zero-order valence-corrected chi connectivity index (χ0v) is 10.4. The van der Waals surface area contributed by atoms with Crippen molar-refractivity contribution < 1.29 is 14.7 Å². The predicted molar refractivity (Wildman–Crippen MR) is 67.1 cm³/mol. The fraction of sp³-hybridized carbons (Fsp3) is 0.273. The van der Waals surface area contributed by atoms with Gasteiger partial charge in [-0.15, -0.1) is 0 Å². The maximum Gasteiger partial charge on any atom is 0.308 e. The Morgan fingerprint density at radius 3 is 2.83 bits per heavy atom. The number of hydrogen-bond donors (Lipinski definition) is 2. The molecule has 0 aliphatic carbocycles. The fourth-order valence-electron chi connectivity index (χ4n) is 1.36. The number of aliphatic carboxylic acids is 1. The van der Waals surface area contributed by atoms with Crippen LogP contribution in [0.3, 0.4) is 0 Å². The van der Waals surface area contributed by atoms with Crippen LogP contribution in [0.1, 0.15) is 17.3 Å². The summed E-state index contributed by atoms with van der Waals surface area (Å²) in [6.07, 6.45) is 0. The minimum Gasteiger partial charge on any atom is -0.481 e. The molecule has 1 atom stereocenters. The summed E-state index contributed by atoms with van der Waals surface area (Å²) in [6, 6.07) is 5.00. The van der Waals surface area contributed by atoms with Gasteiger partial charge in [-0.05, 0) is 18.2 Å². The lowest BCUT2D eigenvalue weighted by molar-refractivity contribution is -0.140. The molecule has 94 valence electrons. The lowest BCUT2D eigenvalue weighted by Gasteiger charge is -2.08. The topological polar surface area (TPSA) is 91.1 Å². The van der Waals surface area contributed by atoms with Gasteiger partial charge in [-0.3, -0.25) is 9.59 Å². The molecule has 0 saturated heterocycles. The SMILES string of the molecule is CC(CNC(=O)c1ccc2c(c1)N=S=N2)C(=O)O. The van der Waals surface area contributed by atoms with Crippen LogP contribution in [0.2, 0.25) is 0 Å². The zero-order chi connectivity index (χ0) is 13.1. The van der Waals surface area contributed by atoms with E-state index in [1.54, 1.807) is 18.2 Å². The molecule has 1 amide bonds. The number of carboxylic acids is 1. The van der Waals surface area contributed by atoms with Crippen LogP contribution in [0, 0.1) is 5.92 Å². The normalized spacial score (nSPS) is 13.6. The van der Waals surface area contributed by atoms with Crippen molar-refractivity contribution in [3.05, 3.63) is 23.8 Å². The molecule has 6 nitrogen and oxygen atoms in total. The number of carboxylic acid groups (broad SMARTS) is 1. The Morgan fingerprint density at radius 1 is 1.39 bits per heavy atom. The third kappa shape index (κ3) is 2.62. The molecule has 1 aromatic carbocycles. The smallest absolute Gasteiger partial charge is 0.308 e. The summed E-state index contributed by atoms with van der Waals surface area (Å²) in [7, 11) is 0. The molecular formula is C11H11N3O3S. The second-order valence-electron chi connectivity index (χ2n) is 3.92. The molecule has 0 spiro atoms. The molecule has 18 heavy (non-hydrogen) atoms. The number of benzene rings is 1. The highest BCUT2D eigenvalue weighted by Crippen LogP contribution is 2.31. The van der Waals surface area contributed by atoms with E-state index < -0.39 is 11.9 Å². The molecule has 1 unspecified atom stereocenters. The Kier molecular flexibility index (Phi) is 3.52. The number of amides is 1. The molecule has 7 heteroatoms. The standard InChI is InChI=1S/C11H11N3O3S/c1-6(11(16)17)5-12-10(15)7-2-3-8-9(4-7)14-18-13-8/h2-4,6H,5H2,1H3,(H,12,15)(H,16,17). The Balaban J connectivity index is 2.02. The summed E-state index contributed by atoms with van der Waals surface area (Å²) in [5.41, 5.74) is 1.86. The summed E-state index contributed by atoms with van der Waals surface area (Å²) in [5.74, 6) is -1.86. The molecule has 1 heterocycles. The average molecular weight is 265 g/mol. The van der Waals surface area contributed by atoms with Gasteiger partial charge in [0.2, 0.25) is 0 Å². The first-order valence-corrected chi connectivity index (χ1v) is 6.04. The largest absolute Gasteiger partial charge is 0.481 e. The first-order chi connectivity index (χ1) is 8.58. The first-order valence-electron chi connectivity index (χ1n) is 5.31. The lowest BCUT2D eigenvalue weighted by atomic mass is 10.1. The van der Waals surface area contributed by atoms with Gasteiger partial charge in [-0.25, -0.2) is 0 Å². The van der Waals surface area contributed by atoms with Crippen LogP contribution in [-0.2, 0) is 16.1 Å². The number of hydrogen-bond acceptors (Lipinski definition) is 4. The van der Waals surface area contributed by atoms with E-state index in [-0.39, 0.29) is 12.5 Å². The monoisotopic (exact) mass is 265 g/mol. The van der Waals surface area contributed by atoms with Crippen LogP contribution in [-0.4, -0.2) is 23.5 Å². The third-order valence-corrected chi connectivity index (χ3v) is 3.06. The van der Waals surface area contributed by atoms with Crippen molar-refractivity contribution in [3.8, 4) is 0 Å². The molecular weight excluding hydrogens is 254 g/mol. The minimum absolute atomic E-state index is 0.0987. The second kappa shape index (κ2) is 5.09. The van der Waals surface area contributed by atoms with Crippen molar-refractivity contribution in [2.75, 3.05) is 6.54 Å². The van der Waals surface area contributed by atoms with Crippen molar-refractivity contribution in [2.24, 2.45) is 14.6 Å². The van der Waals surface area contributed by atoms with Crippen LogP contribution >= 0.6 is 0 Å². The van der Waals surface area contributed by atoms with Gasteiger partial charge in [0.25, 0.3) is 5.91 Å². The summed E-state index contributed by atoms with van der Waals surface area (Å²) >= 11 is 1.09.